The minimum absolute atomic E-state index is 0.110. The van der Waals surface area contributed by atoms with Crippen LogP contribution in [-0.4, -0.2) is 34.5 Å². The Hall–Kier alpha value is -3.15. The van der Waals surface area contributed by atoms with E-state index in [1.165, 1.54) is 0 Å². The van der Waals surface area contributed by atoms with E-state index in [0.717, 1.165) is 17.1 Å². The number of carbonyl (C=O) groups is 1. The van der Waals surface area contributed by atoms with Crippen molar-refractivity contribution in [3.05, 3.63) is 72.4 Å². The van der Waals surface area contributed by atoms with Crippen LogP contribution in [0.15, 0.2) is 61.3 Å². The first kappa shape index (κ1) is 15.7. The third-order valence-corrected chi connectivity index (χ3v) is 3.66. The minimum Gasteiger partial charge on any atom is -0.362 e. The topological polar surface area (TPSA) is 63.1 Å². The number of aromatic nitrogens is 3. The number of imidazole rings is 1. The van der Waals surface area contributed by atoms with Crippen molar-refractivity contribution < 1.29 is 4.79 Å². The van der Waals surface area contributed by atoms with Gasteiger partial charge in [0.25, 0.3) is 5.91 Å². The van der Waals surface area contributed by atoms with Crippen LogP contribution in [0, 0.1) is 0 Å². The molecule has 0 aliphatic carbocycles. The van der Waals surface area contributed by atoms with E-state index in [1.54, 1.807) is 30.9 Å². The molecule has 3 rings (SSSR count). The number of anilines is 1. The molecule has 0 bridgehead atoms. The Kier molecular flexibility index (Phi) is 4.56. The molecule has 0 atom stereocenters. The van der Waals surface area contributed by atoms with Crippen molar-refractivity contribution in [2.45, 2.75) is 6.54 Å². The second-order valence-corrected chi connectivity index (χ2v) is 5.58. The van der Waals surface area contributed by atoms with Gasteiger partial charge in [0.1, 0.15) is 5.82 Å². The van der Waals surface area contributed by atoms with Gasteiger partial charge >= 0.3 is 0 Å². The summed E-state index contributed by atoms with van der Waals surface area (Å²) in [5, 5.41) is 2.94. The van der Waals surface area contributed by atoms with E-state index in [1.807, 2.05) is 54.0 Å². The van der Waals surface area contributed by atoms with Crippen molar-refractivity contribution in [2.75, 3.05) is 19.0 Å². The average Bonchev–Trinajstić information content (AvgIpc) is 3.14. The molecular formula is C18H19N5O. The van der Waals surface area contributed by atoms with Crippen molar-refractivity contribution >= 4 is 11.7 Å². The number of rotatable bonds is 5. The molecule has 1 N–H and O–H groups in total. The van der Waals surface area contributed by atoms with Crippen molar-refractivity contribution in [3.63, 3.8) is 0 Å². The molecule has 0 aliphatic heterocycles. The van der Waals surface area contributed by atoms with Gasteiger partial charge in [-0.2, -0.15) is 0 Å². The summed E-state index contributed by atoms with van der Waals surface area (Å²) >= 11 is 0. The highest BCUT2D eigenvalue weighted by molar-refractivity contribution is 5.94. The number of benzene rings is 1. The number of nitrogens with one attached hydrogen (secondary N) is 1. The Morgan fingerprint density at radius 2 is 1.96 bits per heavy atom. The molecule has 24 heavy (non-hydrogen) atoms. The summed E-state index contributed by atoms with van der Waals surface area (Å²) in [5.74, 6) is 0.744. The van der Waals surface area contributed by atoms with Gasteiger partial charge in [-0.15, -0.1) is 0 Å². The predicted molar refractivity (Wildman–Crippen MR) is 93.3 cm³/mol. The zero-order valence-corrected chi connectivity index (χ0v) is 13.7. The molecular weight excluding hydrogens is 302 g/mol. The van der Waals surface area contributed by atoms with Crippen molar-refractivity contribution in [1.29, 1.82) is 0 Å². The summed E-state index contributed by atoms with van der Waals surface area (Å²) in [4.78, 5) is 22.6. The Morgan fingerprint density at radius 1 is 1.17 bits per heavy atom. The quantitative estimate of drug-likeness (QED) is 0.783. The first-order valence-corrected chi connectivity index (χ1v) is 7.63. The fraction of sp³-hybridized carbons (Fsp3) is 0.167. The Morgan fingerprint density at radius 3 is 2.62 bits per heavy atom. The molecule has 1 aromatic carbocycles. The van der Waals surface area contributed by atoms with Gasteiger partial charge in [0.2, 0.25) is 0 Å². The Balaban J connectivity index is 1.67. The monoisotopic (exact) mass is 321 g/mol. The largest absolute Gasteiger partial charge is 0.362 e. The van der Waals surface area contributed by atoms with Crippen LogP contribution in [0.1, 0.15) is 15.9 Å². The molecule has 2 heterocycles. The molecule has 0 saturated heterocycles. The normalized spacial score (nSPS) is 10.4. The van der Waals surface area contributed by atoms with Crippen LogP contribution in [0.4, 0.5) is 5.82 Å². The van der Waals surface area contributed by atoms with E-state index in [0.29, 0.717) is 12.1 Å². The minimum atomic E-state index is -0.110. The Bertz CT molecular complexity index is 810. The van der Waals surface area contributed by atoms with Crippen LogP contribution in [0.3, 0.4) is 0 Å². The number of carbonyl (C=O) groups excluding carboxylic acids is 1. The van der Waals surface area contributed by atoms with E-state index in [9.17, 15) is 4.79 Å². The van der Waals surface area contributed by atoms with Crippen LogP contribution < -0.4 is 10.2 Å². The third kappa shape index (κ3) is 3.43. The number of pyridine rings is 1. The standard InChI is InChI=1S/C18H19N5O/c1-22(2)17-15(4-3-9-20-17)12-21-18(24)14-5-7-16(8-6-14)23-11-10-19-13-23/h3-11,13H,12H2,1-2H3,(H,21,24). The maximum atomic E-state index is 12.3. The molecule has 0 unspecified atom stereocenters. The lowest BCUT2D eigenvalue weighted by Gasteiger charge is -2.16. The second-order valence-electron chi connectivity index (χ2n) is 5.58. The van der Waals surface area contributed by atoms with Gasteiger partial charge in [-0.1, -0.05) is 6.07 Å². The van der Waals surface area contributed by atoms with E-state index < -0.39 is 0 Å². The molecule has 6 nitrogen and oxygen atoms in total. The van der Waals surface area contributed by atoms with Gasteiger partial charge < -0.3 is 14.8 Å². The molecule has 1 amide bonds. The smallest absolute Gasteiger partial charge is 0.251 e. The lowest BCUT2D eigenvalue weighted by molar-refractivity contribution is 0.0951. The summed E-state index contributed by atoms with van der Waals surface area (Å²) in [6, 6.07) is 11.2. The van der Waals surface area contributed by atoms with E-state index in [-0.39, 0.29) is 5.91 Å². The molecule has 122 valence electrons. The molecule has 0 aliphatic rings. The summed E-state index contributed by atoms with van der Waals surface area (Å²) in [5.41, 5.74) is 2.56. The molecule has 0 radical (unpaired) electrons. The van der Waals surface area contributed by atoms with Crippen LogP contribution in [-0.2, 0) is 6.54 Å². The highest BCUT2D eigenvalue weighted by Gasteiger charge is 2.09. The van der Waals surface area contributed by atoms with Crippen LogP contribution in [0.2, 0.25) is 0 Å². The number of hydrogen-bond acceptors (Lipinski definition) is 4. The van der Waals surface area contributed by atoms with Gasteiger partial charge in [-0.25, -0.2) is 9.97 Å². The zero-order chi connectivity index (χ0) is 16.9. The molecule has 3 aromatic rings. The fourth-order valence-electron chi connectivity index (χ4n) is 2.45. The molecule has 0 fully saturated rings. The highest BCUT2D eigenvalue weighted by atomic mass is 16.1. The fourth-order valence-corrected chi connectivity index (χ4v) is 2.45. The summed E-state index contributed by atoms with van der Waals surface area (Å²) < 4.78 is 1.89. The molecule has 0 spiro atoms. The summed E-state index contributed by atoms with van der Waals surface area (Å²) in [6.07, 6.45) is 7.05. The number of nitrogens with zero attached hydrogens (tertiary/aromatic N) is 4. The van der Waals surface area contributed by atoms with Crippen molar-refractivity contribution in [3.8, 4) is 5.69 Å². The average molecular weight is 321 g/mol. The lowest BCUT2D eigenvalue weighted by atomic mass is 10.2. The lowest BCUT2D eigenvalue weighted by Crippen LogP contribution is -2.24. The molecule has 6 heteroatoms. The van der Waals surface area contributed by atoms with Gasteiger partial charge in [0.05, 0.1) is 6.33 Å². The van der Waals surface area contributed by atoms with Crippen molar-refractivity contribution in [1.82, 2.24) is 19.9 Å². The zero-order valence-electron chi connectivity index (χ0n) is 13.7. The van der Waals surface area contributed by atoms with Gasteiger partial charge in [-0.3, -0.25) is 4.79 Å². The second kappa shape index (κ2) is 6.95. The molecule has 0 saturated carbocycles. The SMILES string of the molecule is CN(C)c1ncccc1CNC(=O)c1ccc(-n2ccnc2)cc1. The first-order chi connectivity index (χ1) is 11.6. The van der Waals surface area contributed by atoms with Crippen LogP contribution >= 0.6 is 0 Å². The maximum Gasteiger partial charge on any atom is 0.251 e. The van der Waals surface area contributed by atoms with Gasteiger partial charge in [-0.05, 0) is 30.3 Å². The van der Waals surface area contributed by atoms with E-state index >= 15 is 0 Å². The van der Waals surface area contributed by atoms with Crippen LogP contribution in [0.25, 0.3) is 5.69 Å². The van der Waals surface area contributed by atoms with Gasteiger partial charge in [0, 0.05) is 56.0 Å². The predicted octanol–water partition coefficient (Wildman–Crippen LogP) is 2.26. The van der Waals surface area contributed by atoms with Crippen LogP contribution in [0.5, 0.6) is 0 Å². The first-order valence-electron chi connectivity index (χ1n) is 7.63. The van der Waals surface area contributed by atoms with E-state index in [2.05, 4.69) is 15.3 Å². The van der Waals surface area contributed by atoms with Crippen molar-refractivity contribution in [2.24, 2.45) is 0 Å². The summed E-state index contributed by atoms with van der Waals surface area (Å²) in [7, 11) is 3.87. The third-order valence-electron chi connectivity index (χ3n) is 3.66. The molecule has 2 aromatic heterocycles. The number of amides is 1. The number of hydrogen-bond donors (Lipinski definition) is 1. The Labute approximate surface area is 140 Å². The maximum absolute atomic E-state index is 12.3. The highest BCUT2D eigenvalue weighted by Crippen LogP contribution is 2.14. The van der Waals surface area contributed by atoms with E-state index in [4.69, 9.17) is 0 Å². The van der Waals surface area contributed by atoms with Gasteiger partial charge in [0.15, 0.2) is 0 Å². The summed E-state index contributed by atoms with van der Waals surface area (Å²) in [6.45, 7) is 0.434.